The first-order valence-electron chi connectivity index (χ1n) is 6.72. The molecule has 1 heterocycles. The van der Waals surface area contributed by atoms with Gasteiger partial charge in [0, 0.05) is 11.0 Å². The van der Waals surface area contributed by atoms with Crippen LogP contribution in [0.5, 0.6) is 0 Å². The summed E-state index contributed by atoms with van der Waals surface area (Å²) in [4.78, 5) is 16.8. The van der Waals surface area contributed by atoms with Crippen LogP contribution in [-0.4, -0.2) is 17.4 Å². The van der Waals surface area contributed by atoms with Crippen LogP contribution in [0, 0.1) is 12.3 Å². The summed E-state index contributed by atoms with van der Waals surface area (Å²) >= 11 is 3.40. The van der Waals surface area contributed by atoms with Crippen molar-refractivity contribution in [2.75, 3.05) is 11.9 Å². The quantitative estimate of drug-likeness (QED) is 0.897. The molecule has 0 unspecified atom stereocenters. The van der Waals surface area contributed by atoms with Crippen molar-refractivity contribution in [3.8, 4) is 0 Å². The molecule has 5 heteroatoms. The number of nitrogens with zero attached hydrogens (tertiary/aromatic N) is 1. The number of hydrogen-bond donors (Lipinski definition) is 2. The number of nitrogens with one attached hydrogen (secondary N) is 1. The highest BCUT2D eigenvalue weighted by Crippen LogP contribution is 2.36. The third-order valence-electron chi connectivity index (χ3n) is 3.95. The Morgan fingerprint density at radius 2 is 2.11 bits per heavy atom. The van der Waals surface area contributed by atoms with Crippen molar-refractivity contribution in [3.05, 3.63) is 22.3 Å². The number of anilines is 1. The van der Waals surface area contributed by atoms with Gasteiger partial charge in [0.15, 0.2) is 0 Å². The van der Waals surface area contributed by atoms with E-state index in [0.29, 0.717) is 12.4 Å². The molecule has 0 saturated heterocycles. The fourth-order valence-electron chi connectivity index (χ4n) is 2.62. The Labute approximate surface area is 122 Å². The van der Waals surface area contributed by atoms with Crippen LogP contribution in [0.3, 0.4) is 0 Å². The van der Waals surface area contributed by atoms with Gasteiger partial charge in [-0.2, -0.15) is 0 Å². The van der Waals surface area contributed by atoms with E-state index < -0.39 is 5.41 Å². The predicted molar refractivity (Wildman–Crippen MR) is 79.9 cm³/mol. The minimum atomic E-state index is -0.402. The van der Waals surface area contributed by atoms with Crippen molar-refractivity contribution in [2.24, 2.45) is 11.1 Å². The SMILES string of the molecule is Cc1nc(NC(=O)C2(CN)CCCCC2)ccc1Br. The smallest absolute Gasteiger partial charge is 0.233 e. The van der Waals surface area contributed by atoms with Crippen LogP contribution in [0.25, 0.3) is 0 Å². The molecule has 1 aromatic heterocycles. The third kappa shape index (κ3) is 3.15. The van der Waals surface area contributed by atoms with Gasteiger partial charge in [0.1, 0.15) is 5.82 Å². The Hall–Kier alpha value is -0.940. The normalized spacial score (nSPS) is 18.1. The van der Waals surface area contributed by atoms with E-state index in [1.165, 1.54) is 6.42 Å². The molecule has 1 saturated carbocycles. The molecule has 0 aliphatic heterocycles. The zero-order valence-corrected chi connectivity index (χ0v) is 12.8. The van der Waals surface area contributed by atoms with Gasteiger partial charge in [0.05, 0.1) is 11.1 Å². The average molecular weight is 326 g/mol. The molecule has 19 heavy (non-hydrogen) atoms. The third-order valence-corrected chi connectivity index (χ3v) is 4.78. The molecule has 3 N–H and O–H groups in total. The van der Waals surface area contributed by atoms with Gasteiger partial charge >= 0.3 is 0 Å². The van der Waals surface area contributed by atoms with Crippen LogP contribution in [0.2, 0.25) is 0 Å². The van der Waals surface area contributed by atoms with E-state index in [-0.39, 0.29) is 5.91 Å². The monoisotopic (exact) mass is 325 g/mol. The Balaban J connectivity index is 2.12. The first kappa shape index (κ1) is 14.5. The summed E-state index contributed by atoms with van der Waals surface area (Å²) in [5.41, 5.74) is 6.32. The molecule has 2 rings (SSSR count). The van der Waals surface area contributed by atoms with Gasteiger partial charge < -0.3 is 11.1 Å². The number of amides is 1. The Kier molecular flexibility index (Phi) is 4.58. The number of aryl methyl sites for hydroxylation is 1. The van der Waals surface area contributed by atoms with Crippen molar-refractivity contribution in [2.45, 2.75) is 39.0 Å². The van der Waals surface area contributed by atoms with Gasteiger partial charge in [0.25, 0.3) is 0 Å². The number of carbonyl (C=O) groups is 1. The summed E-state index contributed by atoms with van der Waals surface area (Å²) < 4.78 is 0.941. The van der Waals surface area contributed by atoms with Crippen molar-refractivity contribution in [1.29, 1.82) is 0 Å². The number of pyridine rings is 1. The van der Waals surface area contributed by atoms with Gasteiger partial charge in [-0.25, -0.2) is 4.98 Å². The zero-order chi connectivity index (χ0) is 13.9. The first-order valence-corrected chi connectivity index (χ1v) is 7.51. The lowest BCUT2D eigenvalue weighted by Gasteiger charge is -2.34. The Bertz CT molecular complexity index is 470. The predicted octanol–water partition coefficient (Wildman–Crippen LogP) is 3.00. The maximum atomic E-state index is 12.5. The summed E-state index contributed by atoms with van der Waals surface area (Å²) in [6, 6.07) is 3.70. The summed E-state index contributed by atoms with van der Waals surface area (Å²) in [6.45, 7) is 2.31. The second-order valence-electron chi connectivity index (χ2n) is 5.26. The molecule has 1 amide bonds. The van der Waals surface area contributed by atoms with E-state index in [1.807, 2.05) is 19.1 Å². The molecular weight excluding hydrogens is 306 g/mol. The van der Waals surface area contributed by atoms with E-state index in [0.717, 1.165) is 35.8 Å². The van der Waals surface area contributed by atoms with E-state index in [4.69, 9.17) is 5.73 Å². The maximum absolute atomic E-state index is 12.5. The van der Waals surface area contributed by atoms with Crippen LogP contribution in [0.15, 0.2) is 16.6 Å². The highest BCUT2D eigenvalue weighted by molar-refractivity contribution is 9.10. The largest absolute Gasteiger partial charge is 0.329 e. The van der Waals surface area contributed by atoms with Crippen molar-refractivity contribution >= 4 is 27.7 Å². The van der Waals surface area contributed by atoms with Crippen LogP contribution >= 0.6 is 15.9 Å². The van der Waals surface area contributed by atoms with Gasteiger partial charge in [-0.15, -0.1) is 0 Å². The van der Waals surface area contributed by atoms with E-state index in [9.17, 15) is 4.79 Å². The van der Waals surface area contributed by atoms with Crippen molar-refractivity contribution < 1.29 is 4.79 Å². The van der Waals surface area contributed by atoms with E-state index >= 15 is 0 Å². The number of rotatable bonds is 3. The van der Waals surface area contributed by atoms with Crippen molar-refractivity contribution in [3.63, 3.8) is 0 Å². The molecule has 1 aliphatic rings. The van der Waals surface area contributed by atoms with Crippen LogP contribution in [0.4, 0.5) is 5.82 Å². The van der Waals surface area contributed by atoms with Gasteiger partial charge in [0.2, 0.25) is 5.91 Å². The van der Waals surface area contributed by atoms with Gasteiger partial charge in [-0.05, 0) is 47.8 Å². The minimum absolute atomic E-state index is 0.0175. The lowest BCUT2D eigenvalue weighted by atomic mass is 9.73. The summed E-state index contributed by atoms with van der Waals surface area (Å²) in [6.07, 6.45) is 5.12. The average Bonchev–Trinajstić information content (AvgIpc) is 2.43. The second-order valence-corrected chi connectivity index (χ2v) is 6.12. The van der Waals surface area contributed by atoms with Crippen LogP contribution in [0.1, 0.15) is 37.8 Å². The topological polar surface area (TPSA) is 68.0 Å². The second kappa shape index (κ2) is 6.01. The van der Waals surface area contributed by atoms with E-state index in [2.05, 4.69) is 26.2 Å². The molecule has 0 spiro atoms. The number of halogens is 1. The number of carbonyl (C=O) groups excluding carboxylic acids is 1. The summed E-state index contributed by atoms with van der Waals surface area (Å²) in [5.74, 6) is 0.619. The number of nitrogens with two attached hydrogens (primary N) is 1. The summed E-state index contributed by atoms with van der Waals surface area (Å²) in [7, 11) is 0. The Morgan fingerprint density at radius 3 is 2.68 bits per heavy atom. The highest BCUT2D eigenvalue weighted by atomic mass is 79.9. The molecule has 0 aromatic carbocycles. The summed E-state index contributed by atoms with van der Waals surface area (Å²) in [5, 5.41) is 2.92. The molecule has 1 fully saturated rings. The molecule has 1 aliphatic carbocycles. The molecule has 0 radical (unpaired) electrons. The molecule has 4 nitrogen and oxygen atoms in total. The van der Waals surface area contributed by atoms with E-state index in [1.54, 1.807) is 0 Å². The van der Waals surface area contributed by atoms with Crippen LogP contribution < -0.4 is 11.1 Å². The molecule has 104 valence electrons. The Morgan fingerprint density at radius 1 is 1.42 bits per heavy atom. The lowest BCUT2D eigenvalue weighted by Crippen LogP contribution is -2.44. The zero-order valence-electron chi connectivity index (χ0n) is 11.2. The minimum Gasteiger partial charge on any atom is -0.329 e. The molecule has 0 bridgehead atoms. The van der Waals surface area contributed by atoms with Crippen molar-refractivity contribution in [1.82, 2.24) is 4.98 Å². The number of aromatic nitrogens is 1. The molecule has 1 aromatic rings. The lowest BCUT2D eigenvalue weighted by molar-refractivity contribution is -0.126. The molecule has 0 atom stereocenters. The highest BCUT2D eigenvalue weighted by Gasteiger charge is 2.38. The standard InChI is InChI=1S/C14H20BrN3O/c1-10-11(15)5-6-12(17-10)18-13(19)14(9-16)7-3-2-4-8-14/h5-6H,2-4,7-9,16H2,1H3,(H,17,18,19). The van der Waals surface area contributed by atoms with Gasteiger partial charge in [-0.1, -0.05) is 19.3 Å². The molecular formula is C14H20BrN3O. The first-order chi connectivity index (χ1) is 9.07. The maximum Gasteiger partial charge on any atom is 0.233 e. The van der Waals surface area contributed by atoms with Gasteiger partial charge in [-0.3, -0.25) is 4.79 Å². The fraction of sp³-hybridized carbons (Fsp3) is 0.571. The fourth-order valence-corrected chi connectivity index (χ4v) is 2.84. The number of hydrogen-bond acceptors (Lipinski definition) is 3. The van der Waals surface area contributed by atoms with Crippen LogP contribution in [-0.2, 0) is 4.79 Å².